The third kappa shape index (κ3) is 5.03. The molecule has 8 nitrogen and oxygen atoms in total. The molecule has 2 rings (SSSR count). The highest BCUT2D eigenvalue weighted by atomic mass is 32.2. The number of hydrogen-bond donors (Lipinski definition) is 2. The van der Waals surface area contributed by atoms with Gasteiger partial charge in [-0.3, -0.25) is 4.68 Å². The normalized spacial score (nSPS) is 18.1. The third-order valence-electron chi connectivity index (χ3n) is 3.73. The van der Waals surface area contributed by atoms with E-state index in [4.69, 9.17) is 0 Å². The zero-order valence-electron chi connectivity index (χ0n) is 12.4. The predicted molar refractivity (Wildman–Crippen MR) is 79.8 cm³/mol. The van der Waals surface area contributed by atoms with Gasteiger partial charge in [0.2, 0.25) is 0 Å². The van der Waals surface area contributed by atoms with Crippen molar-refractivity contribution in [2.75, 3.05) is 33.2 Å². The van der Waals surface area contributed by atoms with Crippen LogP contribution in [0.3, 0.4) is 0 Å². The van der Waals surface area contributed by atoms with E-state index in [9.17, 15) is 8.42 Å². The first-order valence-electron chi connectivity index (χ1n) is 7.35. The van der Waals surface area contributed by atoms with E-state index >= 15 is 0 Å². The predicted octanol–water partition coefficient (Wildman–Crippen LogP) is -0.566. The maximum Gasteiger partial charge on any atom is 0.279 e. The summed E-state index contributed by atoms with van der Waals surface area (Å²) in [7, 11) is -1.41. The number of nitrogens with zero attached hydrogens (tertiary/aromatic N) is 4. The Kier molecular flexibility index (Phi) is 6.09. The highest BCUT2D eigenvalue weighted by Gasteiger charge is 2.27. The smallest absolute Gasteiger partial charge is 0.279 e. The highest BCUT2D eigenvalue weighted by molar-refractivity contribution is 7.87. The van der Waals surface area contributed by atoms with E-state index in [0.29, 0.717) is 38.5 Å². The standard InChI is InChI=1S/C12H24N6O2S/c1-13-11-12-3-8-18(9-4-12)21(19,20)15-5-2-7-17-10-6-14-16-17/h6,10,12-13,15H,2-5,7-9,11H2,1H3. The molecule has 0 amide bonds. The van der Waals surface area contributed by atoms with Crippen LogP contribution in [-0.2, 0) is 16.8 Å². The Morgan fingerprint density at radius 2 is 2.10 bits per heavy atom. The minimum absolute atomic E-state index is 0.415. The molecule has 0 aromatic carbocycles. The van der Waals surface area contributed by atoms with Gasteiger partial charge in [-0.1, -0.05) is 5.21 Å². The molecule has 1 aliphatic heterocycles. The summed E-state index contributed by atoms with van der Waals surface area (Å²) in [5.41, 5.74) is 0. The van der Waals surface area contributed by atoms with Gasteiger partial charge in [0.25, 0.3) is 10.2 Å². The first-order valence-corrected chi connectivity index (χ1v) is 8.79. The fourth-order valence-electron chi connectivity index (χ4n) is 2.53. The molecule has 120 valence electrons. The van der Waals surface area contributed by atoms with Crippen LogP contribution >= 0.6 is 0 Å². The quantitative estimate of drug-likeness (QED) is 0.627. The number of aryl methyl sites for hydroxylation is 1. The minimum Gasteiger partial charge on any atom is -0.319 e. The Morgan fingerprint density at radius 1 is 1.33 bits per heavy atom. The monoisotopic (exact) mass is 316 g/mol. The maximum absolute atomic E-state index is 12.2. The van der Waals surface area contributed by atoms with Crippen molar-refractivity contribution in [1.82, 2.24) is 29.3 Å². The van der Waals surface area contributed by atoms with E-state index < -0.39 is 10.2 Å². The minimum atomic E-state index is -3.35. The summed E-state index contributed by atoms with van der Waals surface area (Å²) in [6.45, 7) is 3.24. The lowest BCUT2D eigenvalue weighted by molar-refractivity contribution is 0.268. The van der Waals surface area contributed by atoms with Crippen LogP contribution in [0.1, 0.15) is 19.3 Å². The van der Waals surface area contributed by atoms with Crippen molar-refractivity contribution in [2.45, 2.75) is 25.8 Å². The van der Waals surface area contributed by atoms with Crippen LogP contribution in [0.5, 0.6) is 0 Å². The van der Waals surface area contributed by atoms with Crippen molar-refractivity contribution in [3.8, 4) is 0 Å². The van der Waals surface area contributed by atoms with E-state index in [1.165, 1.54) is 0 Å². The van der Waals surface area contributed by atoms with Crippen molar-refractivity contribution in [1.29, 1.82) is 0 Å². The van der Waals surface area contributed by atoms with Crippen molar-refractivity contribution < 1.29 is 8.42 Å². The lowest BCUT2D eigenvalue weighted by atomic mass is 9.98. The molecule has 0 spiro atoms. The zero-order valence-corrected chi connectivity index (χ0v) is 13.2. The Bertz CT molecular complexity index is 496. The number of rotatable bonds is 8. The number of nitrogens with one attached hydrogen (secondary N) is 2. The van der Waals surface area contributed by atoms with Crippen molar-refractivity contribution in [3.05, 3.63) is 12.4 Å². The second-order valence-electron chi connectivity index (χ2n) is 5.32. The molecular weight excluding hydrogens is 292 g/mol. The molecular formula is C12H24N6O2S. The number of aromatic nitrogens is 3. The average molecular weight is 316 g/mol. The van der Waals surface area contributed by atoms with E-state index in [2.05, 4.69) is 20.4 Å². The Labute approximate surface area is 126 Å². The summed E-state index contributed by atoms with van der Waals surface area (Å²) in [5.74, 6) is 0.578. The molecule has 9 heteroatoms. The molecule has 0 unspecified atom stereocenters. The molecule has 1 saturated heterocycles. The van der Waals surface area contributed by atoms with Gasteiger partial charge in [0.15, 0.2) is 0 Å². The summed E-state index contributed by atoms with van der Waals surface area (Å²) in [6.07, 6.45) is 5.90. The van der Waals surface area contributed by atoms with Crippen LogP contribution < -0.4 is 10.0 Å². The Morgan fingerprint density at radius 3 is 2.71 bits per heavy atom. The zero-order chi connectivity index (χ0) is 15.1. The van der Waals surface area contributed by atoms with E-state index in [1.807, 2.05) is 7.05 Å². The summed E-state index contributed by atoms with van der Waals surface area (Å²) < 4.78 is 30.3. The molecule has 0 aliphatic carbocycles. The maximum atomic E-state index is 12.2. The van der Waals surface area contributed by atoms with E-state index in [1.54, 1.807) is 21.4 Å². The lowest BCUT2D eigenvalue weighted by Gasteiger charge is -2.31. The third-order valence-corrected chi connectivity index (χ3v) is 5.34. The molecule has 1 aromatic heterocycles. The topological polar surface area (TPSA) is 92.2 Å². The molecule has 1 aliphatic rings. The van der Waals surface area contributed by atoms with Crippen molar-refractivity contribution in [3.63, 3.8) is 0 Å². The second-order valence-corrected chi connectivity index (χ2v) is 7.07. The largest absolute Gasteiger partial charge is 0.319 e. The van der Waals surface area contributed by atoms with E-state index in [-0.39, 0.29) is 0 Å². The van der Waals surface area contributed by atoms with Crippen molar-refractivity contribution in [2.24, 2.45) is 5.92 Å². The first-order chi connectivity index (χ1) is 10.1. The molecule has 2 heterocycles. The molecule has 1 aromatic rings. The molecule has 21 heavy (non-hydrogen) atoms. The molecule has 0 radical (unpaired) electrons. The molecule has 0 atom stereocenters. The fourth-order valence-corrected chi connectivity index (χ4v) is 3.80. The van der Waals surface area contributed by atoms with Gasteiger partial charge in [0.1, 0.15) is 0 Å². The Hall–Kier alpha value is -1.03. The SMILES string of the molecule is CNCC1CCN(S(=O)(=O)NCCCn2ccnn2)CC1. The average Bonchev–Trinajstić information content (AvgIpc) is 2.98. The Balaban J connectivity index is 1.69. The van der Waals surface area contributed by atoms with Gasteiger partial charge in [0.05, 0.1) is 6.20 Å². The highest BCUT2D eigenvalue weighted by Crippen LogP contribution is 2.18. The summed E-state index contributed by atoms with van der Waals surface area (Å²) in [4.78, 5) is 0. The second kappa shape index (κ2) is 7.83. The summed E-state index contributed by atoms with van der Waals surface area (Å²) >= 11 is 0. The van der Waals surface area contributed by atoms with Crippen LogP contribution in [0.15, 0.2) is 12.4 Å². The molecule has 0 bridgehead atoms. The fraction of sp³-hybridized carbons (Fsp3) is 0.833. The van der Waals surface area contributed by atoms with Crippen LogP contribution in [0.4, 0.5) is 0 Å². The number of piperidine rings is 1. The van der Waals surface area contributed by atoms with Crippen molar-refractivity contribution >= 4 is 10.2 Å². The summed E-state index contributed by atoms with van der Waals surface area (Å²) in [5, 5.41) is 10.7. The first kappa shape index (κ1) is 16.3. The van der Waals surface area contributed by atoms with Crippen LogP contribution in [0, 0.1) is 5.92 Å². The van der Waals surface area contributed by atoms with Gasteiger partial charge in [-0.15, -0.1) is 5.10 Å². The van der Waals surface area contributed by atoms with Gasteiger partial charge >= 0.3 is 0 Å². The molecule has 2 N–H and O–H groups in total. The van der Waals surface area contributed by atoms with Gasteiger partial charge in [0, 0.05) is 32.4 Å². The van der Waals surface area contributed by atoms with Gasteiger partial charge in [-0.2, -0.15) is 12.7 Å². The van der Waals surface area contributed by atoms with Gasteiger partial charge in [-0.05, 0) is 38.8 Å². The van der Waals surface area contributed by atoms with Gasteiger partial charge < -0.3 is 5.32 Å². The van der Waals surface area contributed by atoms with Gasteiger partial charge in [-0.25, -0.2) is 4.72 Å². The lowest BCUT2D eigenvalue weighted by Crippen LogP contribution is -2.46. The van der Waals surface area contributed by atoms with Crippen LogP contribution in [-0.4, -0.2) is 60.9 Å². The van der Waals surface area contributed by atoms with Crippen LogP contribution in [0.2, 0.25) is 0 Å². The molecule has 1 fully saturated rings. The molecule has 0 saturated carbocycles. The van der Waals surface area contributed by atoms with Crippen LogP contribution in [0.25, 0.3) is 0 Å². The van der Waals surface area contributed by atoms with E-state index in [0.717, 1.165) is 19.4 Å². The summed E-state index contributed by atoms with van der Waals surface area (Å²) in [6, 6.07) is 0. The number of hydrogen-bond acceptors (Lipinski definition) is 5.